The Bertz CT molecular complexity index is 1600. The molecule has 0 spiro atoms. The monoisotopic (exact) mass is 545 g/mol. The first-order valence-electron chi connectivity index (χ1n) is 13.4. The molecule has 7 rings (SSSR count). The van der Waals surface area contributed by atoms with Crippen LogP contribution in [0.5, 0.6) is 11.5 Å². The summed E-state index contributed by atoms with van der Waals surface area (Å²) < 4.78 is 34.9. The number of para-hydroxylation sites is 1. The van der Waals surface area contributed by atoms with E-state index in [9.17, 15) is 4.39 Å². The summed E-state index contributed by atoms with van der Waals surface area (Å²) in [5, 5.41) is 0.372. The Labute approximate surface area is 231 Å². The summed E-state index contributed by atoms with van der Waals surface area (Å²) in [7, 11) is 1.69. The molecule has 3 aliphatic heterocycles. The highest BCUT2D eigenvalue weighted by atomic mass is 35.5. The number of nitrogens with zero attached hydrogens (tertiary/aromatic N) is 3. The minimum absolute atomic E-state index is 0.215. The van der Waals surface area contributed by atoms with Crippen molar-refractivity contribution in [2.24, 2.45) is 0 Å². The normalized spacial score (nSPS) is 20.3. The third kappa shape index (κ3) is 4.48. The van der Waals surface area contributed by atoms with Crippen LogP contribution >= 0.6 is 11.6 Å². The number of fused-ring (bicyclic) bond motifs is 4. The predicted octanol–water partition coefficient (Wildman–Crippen LogP) is 6.33. The lowest BCUT2D eigenvalue weighted by Crippen LogP contribution is -2.34. The Morgan fingerprint density at radius 1 is 1.18 bits per heavy atom. The van der Waals surface area contributed by atoms with Crippen LogP contribution in [0.15, 0.2) is 54.6 Å². The SMILES string of the molecule is COc1cccc2c1nc(CN1CCc3ccc4c(c3C1)O[C@@H](c1ccc(Cl)cc1F)C=C4)n2C[C@@H]1CCO1. The average molecular weight is 546 g/mol. The van der Waals surface area contributed by atoms with Crippen LogP contribution in [-0.4, -0.2) is 40.8 Å². The predicted molar refractivity (Wildman–Crippen MR) is 149 cm³/mol. The number of rotatable bonds is 6. The molecule has 0 radical (unpaired) electrons. The van der Waals surface area contributed by atoms with E-state index in [-0.39, 0.29) is 11.9 Å². The Kier molecular flexibility index (Phi) is 6.30. The van der Waals surface area contributed by atoms with E-state index in [4.69, 9.17) is 30.8 Å². The van der Waals surface area contributed by atoms with Crippen LogP contribution in [0, 0.1) is 5.82 Å². The van der Waals surface area contributed by atoms with E-state index < -0.39 is 6.10 Å². The first kappa shape index (κ1) is 24.6. The second-order valence-electron chi connectivity index (χ2n) is 10.4. The summed E-state index contributed by atoms with van der Waals surface area (Å²) in [4.78, 5) is 7.46. The topological polar surface area (TPSA) is 48.8 Å². The number of halogens is 2. The van der Waals surface area contributed by atoms with Crippen molar-refractivity contribution in [2.45, 2.75) is 44.7 Å². The van der Waals surface area contributed by atoms with Gasteiger partial charge in [0.15, 0.2) is 0 Å². The van der Waals surface area contributed by atoms with Gasteiger partial charge in [0.1, 0.15) is 34.8 Å². The lowest BCUT2D eigenvalue weighted by Gasteiger charge is -2.33. The number of hydrogen-bond acceptors (Lipinski definition) is 5. The largest absolute Gasteiger partial charge is 0.494 e. The number of aromatic nitrogens is 2. The molecule has 2 atom stereocenters. The van der Waals surface area contributed by atoms with Gasteiger partial charge in [0, 0.05) is 41.4 Å². The van der Waals surface area contributed by atoms with Crippen molar-refractivity contribution in [1.82, 2.24) is 14.5 Å². The van der Waals surface area contributed by atoms with Crippen LogP contribution in [0.2, 0.25) is 5.02 Å². The molecule has 0 unspecified atom stereocenters. The van der Waals surface area contributed by atoms with E-state index in [1.807, 2.05) is 24.3 Å². The fourth-order valence-corrected chi connectivity index (χ4v) is 5.99. The van der Waals surface area contributed by atoms with Crippen LogP contribution < -0.4 is 9.47 Å². The number of benzene rings is 3. The van der Waals surface area contributed by atoms with Crippen molar-refractivity contribution >= 4 is 28.7 Å². The molecule has 4 heterocycles. The first-order valence-corrected chi connectivity index (χ1v) is 13.8. The van der Waals surface area contributed by atoms with Gasteiger partial charge >= 0.3 is 0 Å². The van der Waals surface area contributed by atoms with E-state index in [0.29, 0.717) is 17.1 Å². The number of ether oxygens (including phenoxy) is 3. The van der Waals surface area contributed by atoms with Crippen LogP contribution in [-0.2, 0) is 30.8 Å². The van der Waals surface area contributed by atoms with Gasteiger partial charge in [0.2, 0.25) is 0 Å². The molecule has 3 aromatic carbocycles. The average Bonchev–Trinajstić information content (AvgIpc) is 3.27. The number of imidazole rings is 1. The summed E-state index contributed by atoms with van der Waals surface area (Å²) in [5.74, 6) is 2.25. The molecule has 200 valence electrons. The van der Waals surface area contributed by atoms with Crippen molar-refractivity contribution in [3.63, 3.8) is 0 Å². The number of methoxy groups -OCH3 is 1. The maximum atomic E-state index is 14.7. The van der Waals surface area contributed by atoms with Gasteiger partial charge in [0.05, 0.1) is 31.8 Å². The molecular weight excluding hydrogens is 517 g/mol. The second-order valence-corrected chi connectivity index (χ2v) is 10.8. The van der Waals surface area contributed by atoms with Crippen molar-refractivity contribution in [1.29, 1.82) is 0 Å². The van der Waals surface area contributed by atoms with Gasteiger partial charge in [0.25, 0.3) is 0 Å². The Balaban J connectivity index is 1.19. The molecule has 0 amide bonds. The lowest BCUT2D eigenvalue weighted by atomic mass is 9.93. The van der Waals surface area contributed by atoms with Gasteiger partial charge < -0.3 is 18.8 Å². The van der Waals surface area contributed by atoms with Crippen molar-refractivity contribution < 1.29 is 18.6 Å². The summed E-state index contributed by atoms with van der Waals surface area (Å²) in [6, 6.07) is 15.1. The van der Waals surface area contributed by atoms with Crippen LogP contribution in [0.4, 0.5) is 4.39 Å². The van der Waals surface area contributed by atoms with Crippen molar-refractivity contribution in [2.75, 3.05) is 20.3 Å². The zero-order valence-electron chi connectivity index (χ0n) is 21.7. The summed E-state index contributed by atoms with van der Waals surface area (Å²) in [6.45, 7) is 3.93. The molecule has 8 heteroatoms. The van der Waals surface area contributed by atoms with E-state index in [1.165, 1.54) is 11.6 Å². The smallest absolute Gasteiger partial charge is 0.146 e. The minimum Gasteiger partial charge on any atom is -0.494 e. The molecule has 1 fully saturated rings. The third-order valence-corrected chi connectivity index (χ3v) is 8.25. The van der Waals surface area contributed by atoms with Gasteiger partial charge in [-0.3, -0.25) is 4.90 Å². The van der Waals surface area contributed by atoms with Crippen molar-refractivity contribution in [3.05, 3.63) is 93.5 Å². The fraction of sp³-hybridized carbons (Fsp3) is 0.323. The van der Waals surface area contributed by atoms with E-state index in [1.54, 1.807) is 19.2 Å². The molecule has 6 nitrogen and oxygen atoms in total. The van der Waals surface area contributed by atoms with E-state index in [2.05, 4.69) is 27.7 Å². The lowest BCUT2D eigenvalue weighted by molar-refractivity contribution is -0.0592. The molecule has 4 aromatic rings. The maximum absolute atomic E-state index is 14.7. The Morgan fingerprint density at radius 3 is 2.87 bits per heavy atom. The highest BCUT2D eigenvalue weighted by Crippen LogP contribution is 2.40. The van der Waals surface area contributed by atoms with Crippen LogP contribution in [0.1, 0.15) is 40.6 Å². The van der Waals surface area contributed by atoms with Gasteiger partial charge in [-0.25, -0.2) is 9.37 Å². The molecule has 0 bridgehead atoms. The summed E-state index contributed by atoms with van der Waals surface area (Å²) >= 11 is 5.98. The van der Waals surface area contributed by atoms with Gasteiger partial charge in [-0.15, -0.1) is 0 Å². The first-order chi connectivity index (χ1) is 19.1. The van der Waals surface area contributed by atoms with Gasteiger partial charge in [-0.05, 0) is 48.7 Å². The standard InChI is InChI=1S/C31H29ClFN3O3/c1-37-28-4-2-3-26-30(28)34-29(36(26)16-22-12-14-38-22)18-35-13-11-19-5-6-20-7-10-27(39-31(20)24(19)17-35)23-9-8-21(32)15-25(23)33/h2-10,15,22,27H,11-14,16-18H2,1H3/t22-,27+/m0/s1. The van der Waals surface area contributed by atoms with Crippen LogP contribution in [0.25, 0.3) is 17.1 Å². The molecule has 0 saturated carbocycles. The van der Waals surface area contributed by atoms with Gasteiger partial charge in [-0.1, -0.05) is 41.9 Å². The Morgan fingerprint density at radius 2 is 2.08 bits per heavy atom. The molecule has 0 aliphatic carbocycles. The zero-order valence-corrected chi connectivity index (χ0v) is 22.5. The maximum Gasteiger partial charge on any atom is 0.146 e. The van der Waals surface area contributed by atoms with Crippen molar-refractivity contribution in [3.8, 4) is 11.5 Å². The highest BCUT2D eigenvalue weighted by Gasteiger charge is 2.29. The molecule has 1 aromatic heterocycles. The zero-order chi connectivity index (χ0) is 26.5. The minimum atomic E-state index is -0.504. The van der Waals surface area contributed by atoms with E-state index >= 15 is 0 Å². The third-order valence-electron chi connectivity index (χ3n) is 8.02. The van der Waals surface area contributed by atoms with E-state index in [0.717, 1.165) is 78.6 Å². The molecule has 3 aliphatic rings. The summed E-state index contributed by atoms with van der Waals surface area (Å²) in [5.41, 5.74) is 5.87. The second kappa shape index (κ2) is 9.97. The molecule has 1 saturated heterocycles. The highest BCUT2D eigenvalue weighted by molar-refractivity contribution is 6.30. The fourth-order valence-electron chi connectivity index (χ4n) is 5.83. The number of hydrogen-bond donors (Lipinski definition) is 0. The molecule has 0 N–H and O–H groups in total. The summed E-state index contributed by atoms with van der Waals surface area (Å²) in [6.07, 6.45) is 5.61. The van der Waals surface area contributed by atoms with Gasteiger partial charge in [-0.2, -0.15) is 0 Å². The Hall–Kier alpha value is -3.39. The quantitative estimate of drug-likeness (QED) is 0.283. The molecular formula is C31H29ClFN3O3. The van der Waals surface area contributed by atoms with Crippen LogP contribution in [0.3, 0.4) is 0 Å². The molecule has 39 heavy (non-hydrogen) atoms.